The summed E-state index contributed by atoms with van der Waals surface area (Å²) in [5.41, 5.74) is 1.16. The molecule has 2 aliphatic rings. The van der Waals surface area contributed by atoms with Gasteiger partial charge in [-0.25, -0.2) is 0 Å². The number of nitrogens with zero attached hydrogens (tertiary/aromatic N) is 1. The van der Waals surface area contributed by atoms with Gasteiger partial charge in [-0.1, -0.05) is 31.9 Å². The van der Waals surface area contributed by atoms with Gasteiger partial charge in [-0.15, -0.1) is 0 Å². The molecule has 2 aliphatic heterocycles. The second-order valence-electron chi connectivity index (χ2n) is 5.84. The zero-order valence-corrected chi connectivity index (χ0v) is 13.4. The van der Waals surface area contributed by atoms with Gasteiger partial charge in [-0.2, -0.15) is 0 Å². The minimum Gasteiger partial charge on any atom is -0.454 e. The number of piperazine rings is 1. The van der Waals surface area contributed by atoms with Crippen molar-refractivity contribution in [3.05, 3.63) is 22.7 Å². The van der Waals surface area contributed by atoms with Crippen molar-refractivity contribution in [2.24, 2.45) is 5.92 Å². The van der Waals surface area contributed by atoms with E-state index in [2.05, 4.69) is 30.1 Å². The summed E-state index contributed by atoms with van der Waals surface area (Å²) in [7, 11) is 0. The highest BCUT2D eigenvalue weighted by Gasteiger charge is 2.30. The lowest BCUT2D eigenvalue weighted by atomic mass is 9.90. The van der Waals surface area contributed by atoms with E-state index in [1.165, 1.54) is 0 Å². The molecule has 3 rings (SSSR count). The van der Waals surface area contributed by atoms with E-state index in [-0.39, 0.29) is 6.79 Å². The maximum atomic E-state index is 6.55. The molecule has 1 fully saturated rings. The first kappa shape index (κ1) is 14.9. The van der Waals surface area contributed by atoms with Gasteiger partial charge in [0.1, 0.15) is 0 Å². The van der Waals surface area contributed by atoms with Gasteiger partial charge in [0, 0.05) is 43.3 Å². The van der Waals surface area contributed by atoms with Crippen molar-refractivity contribution in [2.45, 2.75) is 26.3 Å². The van der Waals surface area contributed by atoms with Crippen LogP contribution in [0.1, 0.15) is 31.9 Å². The van der Waals surface area contributed by atoms with Crippen LogP contribution < -0.4 is 14.8 Å². The van der Waals surface area contributed by atoms with Crippen LogP contribution in [-0.4, -0.2) is 37.9 Å². The average Bonchev–Trinajstić information content (AvgIpc) is 2.95. The Morgan fingerprint density at radius 1 is 1.24 bits per heavy atom. The van der Waals surface area contributed by atoms with E-state index in [0.29, 0.717) is 12.0 Å². The molecule has 0 bridgehead atoms. The van der Waals surface area contributed by atoms with Crippen LogP contribution in [0.25, 0.3) is 0 Å². The molecule has 5 heteroatoms. The SMILES string of the molecule is CCC(C)[C@@H](c1cc2c(cc1Cl)OCO2)N1CCNCC1. The van der Waals surface area contributed by atoms with E-state index in [4.69, 9.17) is 21.1 Å². The van der Waals surface area contributed by atoms with Crippen molar-refractivity contribution < 1.29 is 9.47 Å². The monoisotopic (exact) mass is 310 g/mol. The van der Waals surface area contributed by atoms with Gasteiger partial charge in [0.25, 0.3) is 0 Å². The largest absolute Gasteiger partial charge is 0.454 e. The molecular formula is C16H23ClN2O2. The summed E-state index contributed by atoms with van der Waals surface area (Å²) in [5, 5.41) is 4.20. The van der Waals surface area contributed by atoms with Crippen LogP contribution in [0.15, 0.2) is 12.1 Å². The number of nitrogens with one attached hydrogen (secondary N) is 1. The van der Waals surface area contributed by atoms with Gasteiger partial charge >= 0.3 is 0 Å². The van der Waals surface area contributed by atoms with Crippen molar-refractivity contribution in [3.63, 3.8) is 0 Å². The Balaban J connectivity index is 1.95. The number of fused-ring (bicyclic) bond motifs is 1. The highest BCUT2D eigenvalue weighted by atomic mass is 35.5. The first-order chi connectivity index (χ1) is 10.2. The van der Waals surface area contributed by atoms with Crippen molar-refractivity contribution in [1.29, 1.82) is 0 Å². The Bertz CT molecular complexity index is 503. The lowest BCUT2D eigenvalue weighted by Crippen LogP contribution is -2.46. The highest BCUT2D eigenvalue weighted by Crippen LogP contribution is 2.42. The van der Waals surface area contributed by atoms with E-state index < -0.39 is 0 Å². The molecule has 4 nitrogen and oxygen atoms in total. The smallest absolute Gasteiger partial charge is 0.231 e. The molecule has 0 aliphatic carbocycles. The minimum absolute atomic E-state index is 0.288. The number of rotatable bonds is 4. The summed E-state index contributed by atoms with van der Waals surface area (Å²) in [5.74, 6) is 2.12. The van der Waals surface area contributed by atoms with Gasteiger partial charge in [0.05, 0.1) is 0 Å². The quantitative estimate of drug-likeness (QED) is 0.927. The van der Waals surface area contributed by atoms with Crippen LogP contribution in [0.4, 0.5) is 0 Å². The second kappa shape index (κ2) is 6.42. The summed E-state index contributed by atoms with van der Waals surface area (Å²) in [6.07, 6.45) is 1.12. The summed E-state index contributed by atoms with van der Waals surface area (Å²) in [6, 6.07) is 4.31. The van der Waals surface area contributed by atoms with Crippen LogP contribution in [0, 0.1) is 5.92 Å². The lowest BCUT2D eigenvalue weighted by molar-refractivity contribution is 0.128. The van der Waals surface area contributed by atoms with Crippen LogP contribution in [0.2, 0.25) is 5.02 Å². The van der Waals surface area contributed by atoms with Gasteiger partial charge < -0.3 is 14.8 Å². The Morgan fingerprint density at radius 2 is 1.90 bits per heavy atom. The van der Waals surface area contributed by atoms with E-state index in [9.17, 15) is 0 Å². The summed E-state index contributed by atoms with van der Waals surface area (Å²) >= 11 is 6.55. The molecule has 1 aromatic rings. The molecule has 1 aromatic carbocycles. The van der Waals surface area contributed by atoms with Gasteiger partial charge in [-0.3, -0.25) is 4.90 Å². The topological polar surface area (TPSA) is 33.7 Å². The molecule has 116 valence electrons. The minimum atomic E-state index is 0.288. The average molecular weight is 311 g/mol. The number of benzene rings is 1. The second-order valence-corrected chi connectivity index (χ2v) is 6.25. The van der Waals surface area contributed by atoms with Crippen molar-refractivity contribution in [3.8, 4) is 11.5 Å². The summed E-state index contributed by atoms with van der Waals surface area (Å²) in [4.78, 5) is 2.54. The Kier molecular flexibility index (Phi) is 4.57. The first-order valence-corrected chi connectivity index (χ1v) is 8.12. The molecule has 0 amide bonds. The van der Waals surface area contributed by atoms with Crippen LogP contribution in [0.3, 0.4) is 0 Å². The van der Waals surface area contributed by atoms with Crippen molar-refractivity contribution in [1.82, 2.24) is 10.2 Å². The third kappa shape index (κ3) is 2.98. The number of ether oxygens (including phenoxy) is 2. The van der Waals surface area contributed by atoms with Crippen LogP contribution >= 0.6 is 11.6 Å². The zero-order valence-electron chi connectivity index (χ0n) is 12.7. The normalized spacial score (nSPS) is 21.3. The summed E-state index contributed by atoms with van der Waals surface area (Å²) < 4.78 is 10.9. The maximum Gasteiger partial charge on any atom is 0.231 e. The molecule has 1 saturated heterocycles. The molecule has 0 spiro atoms. The molecule has 2 heterocycles. The van der Waals surface area contributed by atoms with Crippen LogP contribution in [0.5, 0.6) is 11.5 Å². The Hall–Kier alpha value is -0.970. The highest BCUT2D eigenvalue weighted by molar-refractivity contribution is 6.31. The molecule has 0 aromatic heterocycles. The van der Waals surface area contributed by atoms with E-state index in [1.807, 2.05) is 6.07 Å². The predicted octanol–water partition coefficient (Wildman–Crippen LogP) is 3.06. The molecule has 1 unspecified atom stereocenters. The molecule has 2 atom stereocenters. The number of halogens is 1. The fraction of sp³-hybridized carbons (Fsp3) is 0.625. The Morgan fingerprint density at radius 3 is 2.57 bits per heavy atom. The van der Waals surface area contributed by atoms with E-state index >= 15 is 0 Å². The number of hydrogen-bond donors (Lipinski definition) is 1. The Labute approximate surface area is 131 Å². The first-order valence-electron chi connectivity index (χ1n) is 7.74. The fourth-order valence-corrected chi connectivity index (χ4v) is 3.47. The molecule has 1 N–H and O–H groups in total. The lowest BCUT2D eigenvalue weighted by Gasteiger charge is -2.38. The fourth-order valence-electron chi connectivity index (χ4n) is 3.21. The molecular weight excluding hydrogens is 288 g/mol. The van der Waals surface area contributed by atoms with Crippen molar-refractivity contribution in [2.75, 3.05) is 33.0 Å². The standard InChI is InChI=1S/C16H23ClN2O2/c1-3-11(2)16(19-6-4-18-5-7-19)12-8-14-15(9-13(12)17)21-10-20-14/h8-9,11,16,18H,3-7,10H2,1-2H3/t11?,16-/m0/s1. The number of hydrogen-bond acceptors (Lipinski definition) is 4. The summed E-state index contributed by atoms with van der Waals surface area (Å²) in [6.45, 7) is 9.01. The molecule has 0 radical (unpaired) electrons. The van der Waals surface area contributed by atoms with E-state index in [0.717, 1.165) is 54.7 Å². The third-order valence-corrected chi connectivity index (χ3v) is 4.87. The molecule has 21 heavy (non-hydrogen) atoms. The third-order valence-electron chi connectivity index (χ3n) is 4.54. The maximum absolute atomic E-state index is 6.55. The van der Waals surface area contributed by atoms with Crippen LogP contribution in [-0.2, 0) is 0 Å². The van der Waals surface area contributed by atoms with E-state index in [1.54, 1.807) is 0 Å². The van der Waals surface area contributed by atoms with Gasteiger partial charge in [0.15, 0.2) is 11.5 Å². The van der Waals surface area contributed by atoms with Gasteiger partial charge in [-0.05, 0) is 17.5 Å². The van der Waals surface area contributed by atoms with Crippen molar-refractivity contribution >= 4 is 11.6 Å². The predicted molar refractivity (Wildman–Crippen MR) is 84.2 cm³/mol. The zero-order chi connectivity index (χ0) is 14.8. The molecule has 0 saturated carbocycles. The van der Waals surface area contributed by atoms with Gasteiger partial charge in [0.2, 0.25) is 6.79 Å².